The average Bonchev–Trinajstić information content (AvgIpc) is 2.45. The number of methoxy groups -OCH3 is 1. The molecule has 0 radical (unpaired) electrons. The van der Waals surface area contributed by atoms with Crippen molar-refractivity contribution < 1.29 is 14.3 Å². The van der Waals surface area contributed by atoms with Gasteiger partial charge in [-0.2, -0.15) is 0 Å². The van der Waals surface area contributed by atoms with Gasteiger partial charge in [-0.25, -0.2) is 4.79 Å². The van der Waals surface area contributed by atoms with Crippen LogP contribution in [0.2, 0.25) is 0 Å². The molecule has 0 aromatic heterocycles. The number of nitrogens with zero attached hydrogens (tertiary/aromatic N) is 1. The van der Waals surface area contributed by atoms with Crippen molar-refractivity contribution in [3.05, 3.63) is 23.8 Å². The summed E-state index contributed by atoms with van der Waals surface area (Å²) in [7, 11) is 1.64. The van der Waals surface area contributed by atoms with Crippen molar-refractivity contribution in [3.8, 4) is 5.75 Å². The quantitative estimate of drug-likeness (QED) is 0.851. The minimum absolute atomic E-state index is 0.226. The third-order valence-electron chi connectivity index (χ3n) is 3.80. The summed E-state index contributed by atoms with van der Waals surface area (Å²) in [6, 6.07) is 5.85. The SMILES string of the molecule is COc1cc(N)cc(C2CCN(C(=O)OC(C)(C)C)CC2)c1. The van der Waals surface area contributed by atoms with Crippen LogP contribution in [0, 0.1) is 0 Å². The predicted octanol–water partition coefficient (Wildman–Crippen LogP) is 3.39. The van der Waals surface area contributed by atoms with E-state index in [4.69, 9.17) is 15.2 Å². The van der Waals surface area contributed by atoms with Gasteiger partial charge >= 0.3 is 6.09 Å². The van der Waals surface area contributed by atoms with E-state index in [2.05, 4.69) is 0 Å². The molecule has 0 aliphatic carbocycles. The highest BCUT2D eigenvalue weighted by atomic mass is 16.6. The Balaban J connectivity index is 1.97. The normalized spacial score (nSPS) is 16.5. The lowest BCUT2D eigenvalue weighted by molar-refractivity contribution is 0.0205. The fraction of sp³-hybridized carbons (Fsp3) is 0.588. The number of amides is 1. The van der Waals surface area contributed by atoms with Crippen LogP contribution in [0.15, 0.2) is 18.2 Å². The minimum Gasteiger partial charge on any atom is -0.497 e. The number of hydrogen-bond donors (Lipinski definition) is 1. The van der Waals surface area contributed by atoms with Crippen LogP contribution in [0.25, 0.3) is 0 Å². The van der Waals surface area contributed by atoms with Gasteiger partial charge in [0, 0.05) is 24.8 Å². The number of nitrogen functional groups attached to an aromatic ring is 1. The van der Waals surface area contributed by atoms with Gasteiger partial charge in [0.25, 0.3) is 0 Å². The molecule has 1 amide bonds. The first-order valence-corrected chi connectivity index (χ1v) is 7.71. The molecule has 5 nitrogen and oxygen atoms in total. The van der Waals surface area contributed by atoms with Gasteiger partial charge in [-0.3, -0.25) is 0 Å². The second-order valence-electron chi connectivity index (χ2n) is 6.78. The van der Waals surface area contributed by atoms with E-state index in [9.17, 15) is 4.79 Å². The molecule has 0 atom stereocenters. The fourth-order valence-corrected chi connectivity index (χ4v) is 2.72. The fourth-order valence-electron chi connectivity index (χ4n) is 2.72. The predicted molar refractivity (Wildman–Crippen MR) is 87.2 cm³/mol. The summed E-state index contributed by atoms with van der Waals surface area (Å²) in [6.45, 7) is 7.07. The van der Waals surface area contributed by atoms with Gasteiger partial charge in [-0.15, -0.1) is 0 Å². The smallest absolute Gasteiger partial charge is 0.410 e. The first-order chi connectivity index (χ1) is 10.3. The highest BCUT2D eigenvalue weighted by Gasteiger charge is 2.27. The number of carbonyl (C=O) groups excluding carboxylic acids is 1. The molecule has 0 spiro atoms. The van der Waals surface area contributed by atoms with Crippen LogP contribution < -0.4 is 10.5 Å². The van der Waals surface area contributed by atoms with Crippen molar-refractivity contribution >= 4 is 11.8 Å². The van der Waals surface area contributed by atoms with Crippen LogP contribution >= 0.6 is 0 Å². The van der Waals surface area contributed by atoms with Crippen molar-refractivity contribution in [1.82, 2.24) is 4.90 Å². The summed E-state index contributed by atoms with van der Waals surface area (Å²) in [6.07, 6.45) is 1.59. The Kier molecular flexibility index (Phi) is 4.84. The number of nitrogens with two attached hydrogens (primary N) is 1. The second-order valence-corrected chi connectivity index (χ2v) is 6.78. The molecule has 2 rings (SSSR count). The Bertz CT molecular complexity index is 529. The van der Waals surface area contributed by atoms with Crippen molar-refractivity contribution in [2.24, 2.45) is 0 Å². The molecule has 122 valence electrons. The van der Waals surface area contributed by atoms with Crippen LogP contribution in [-0.4, -0.2) is 36.8 Å². The Hall–Kier alpha value is -1.91. The Labute approximate surface area is 132 Å². The molecule has 0 bridgehead atoms. The maximum absolute atomic E-state index is 12.1. The Morgan fingerprint density at radius 2 is 1.86 bits per heavy atom. The number of ether oxygens (including phenoxy) is 2. The maximum atomic E-state index is 12.1. The van der Waals surface area contributed by atoms with Crippen LogP contribution in [-0.2, 0) is 4.74 Å². The van der Waals surface area contributed by atoms with E-state index >= 15 is 0 Å². The molecule has 0 saturated carbocycles. The van der Waals surface area contributed by atoms with Crippen molar-refractivity contribution in [1.29, 1.82) is 0 Å². The Morgan fingerprint density at radius 3 is 2.41 bits per heavy atom. The largest absolute Gasteiger partial charge is 0.497 e. The van der Waals surface area contributed by atoms with Gasteiger partial charge in [-0.1, -0.05) is 0 Å². The molecule has 0 unspecified atom stereocenters. The Morgan fingerprint density at radius 1 is 1.23 bits per heavy atom. The van der Waals surface area contributed by atoms with E-state index in [1.807, 2.05) is 39.0 Å². The lowest BCUT2D eigenvalue weighted by atomic mass is 9.89. The molecule has 1 aliphatic rings. The van der Waals surface area contributed by atoms with E-state index in [1.54, 1.807) is 12.0 Å². The number of anilines is 1. The van der Waals surface area contributed by atoms with Crippen molar-refractivity contribution in [3.63, 3.8) is 0 Å². The zero-order chi connectivity index (χ0) is 16.3. The summed E-state index contributed by atoms with van der Waals surface area (Å²) >= 11 is 0. The standard InChI is InChI=1S/C17H26N2O3/c1-17(2,3)22-16(20)19-7-5-12(6-8-19)13-9-14(18)11-15(10-13)21-4/h9-12H,5-8,18H2,1-4H3. The summed E-state index contributed by atoms with van der Waals surface area (Å²) < 4.78 is 10.7. The number of benzene rings is 1. The number of hydrogen-bond acceptors (Lipinski definition) is 4. The first kappa shape index (κ1) is 16.5. The summed E-state index contributed by atoms with van der Waals surface area (Å²) in [4.78, 5) is 13.9. The van der Waals surface area contributed by atoms with Gasteiger partial charge < -0.3 is 20.1 Å². The van der Waals surface area contributed by atoms with Crippen molar-refractivity contribution in [2.45, 2.75) is 45.1 Å². The second kappa shape index (κ2) is 6.46. The van der Waals surface area contributed by atoms with Gasteiger partial charge in [0.2, 0.25) is 0 Å². The van der Waals surface area contributed by atoms with Gasteiger partial charge in [0.1, 0.15) is 11.4 Å². The first-order valence-electron chi connectivity index (χ1n) is 7.71. The lowest BCUT2D eigenvalue weighted by Crippen LogP contribution is -2.41. The molecular formula is C17H26N2O3. The van der Waals surface area contributed by atoms with Crippen LogP contribution in [0.5, 0.6) is 5.75 Å². The highest BCUT2D eigenvalue weighted by molar-refractivity contribution is 5.68. The van der Waals surface area contributed by atoms with E-state index in [1.165, 1.54) is 5.56 Å². The molecule has 1 aliphatic heterocycles. The number of carbonyl (C=O) groups is 1. The zero-order valence-electron chi connectivity index (χ0n) is 13.9. The molecule has 2 N–H and O–H groups in total. The lowest BCUT2D eigenvalue weighted by Gasteiger charge is -2.33. The highest BCUT2D eigenvalue weighted by Crippen LogP contribution is 2.32. The van der Waals surface area contributed by atoms with Crippen LogP contribution in [0.4, 0.5) is 10.5 Å². The van der Waals surface area contributed by atoms with E-state index in [0.29, 0.717) is 24.7 Å². The molecule has 1 aromatic carbocycles. The number of rotatable bonds is 2. The van der Waals surface area contributed by atoms with Gasteiger partial charge in [-0.05, 0) is 57.2 Å². The molecular weight excluding hydrogens is 280 g/mol. The monoisotopic (exact) mass is 306 g/mol. The molecule has 1 saturated heterocycles. The molecule has 1 fully saturated rings. The number of piperidine rings is 1. The van der Waals surface area contributed by atoms with Crippen LogP contribution in [0.3, 0.4) is 0 Å². The van der Waals surface area contributed by atoms with E-state index in [0.717, 1.165) is 18.6 Å². The third kappa shape index (κ3) is 4.29. The van der Waals surface area contributed by atoms with Crippen molar-refractivity contribution in [2.75, 3.05) is 25.9 Å². The molecule has 1 aromatic rings. The number of likely N-dealkylation sites (tertiary alicyclic amines) is 1. The van der Waals surface area contributed by atoms with Gasteiger partial charge in [0.05, 0.1) is 7.11 Å². The summed E-state index contributed by atoms with van der Waals surface area (Å²) in [5.41, 5.74) is 7.37. The molecule has 5 heteroatoms. The van der Waals surface area contributed by atoms with Gasteiger partial charge in [0.15, 0.2) is 0 Å². The molecule has 1 heterocycles. The topological polar surface area (TPSA) is 64.8 Å². The summed E-state index contributed by atoms with van der Waals surface area (Å²) in [5.74, 6) is 1.18. The average molecular weight is 306 g/mol. The van der Waals surface area contributed by atoms with E-state index in [-0.39, 0.29) is 6.09 Å². The minimum atomic E-state index is -0.449. The summed E-state index contributed by atoms with van der Waals surface area (Å²) in [5, 5.41) is 0. The molecule has 22 heavy (non-hydrogen) atoms. The third-order valence-corrected chi connectivity index (χ3v) is 3.80. The van der Waals surface area contributed by atoms with E-state index < -0.39 is 5.60 Å². The van der Waals surface area contributed by atoms with Crippen LogP contribution in [0.1, 0.15) is 45.1 Å². The zero-order valence-corrected chi connectivity index (χ0v) is 13.9. The maximum Gasteiger partial charge on any atom is 0.410 e.